The van der Waals surface area contributed by atoms with E-state index in [1.54, 1.807) is 0 Å². The SMILES string of the molecule is N#Cc1ccc2c3c1ccc1c(-c4ccc(-c5ccc(-c6ccc7c8c6ccc6c(C#N)ccc(c68)n7-c6ccccc6)c6ccccc56)c5ccccc45)ccc(c13)n2-c1ccccc1. The second kappa shape index (κ2) is 13.6. The number of hydrogen-bond acceptors (Lipinski definition) is 2. The van der Waals surface area contributed by atoms with Gasteiger partial charge in [-0.15, -0.1) is 0 Å². The summed E-state index contributed by atoms with van der Waals surface area (Å²) >= 11 is 0. The highest BCUT2D eigenvalue weighted by Gasteiger charge is 2.24. The van der Waals surface area contributed by atoms with Crippen molar-refractivity contribution in [3.05, 3.63) is 217 Å². The summed E-state index contributed by atoms with van der Waals surface area (Å²) in [5, 5.41) is 34.0. The fourth-order valence-electron chi connectivity index (χ4n) is 11.4. The molecule has 2 aromatic heterocycles. The number of aromatic nitrogens is 2. The molecule has 0 saturated heterocycles. The number of nitrogens with zero attached hydrogens (tertiary/aromatic N) is 4. The number of rotatable bonds is 5. The van der Waals surface area contributed by atoms with Crippen molar-refractivity contribution in [2.45, 2.75) is 0 Å². The lowest BCUT2D eigenvalue weighted by Crippen LogP contribution is -1.93. The van der Waals surface area contributed by atoms with E-state index in [2.05, 4.69) is 203 Å². The van der Waals surface area contributed by atoms with Gasteiger partial charge >= 0.3 is 0 Å². The van der Waals surface area contributed by atoms with Crippen LogP contribution in [0.15, 0.2) is 206 Å². The van der Waals surface area contributed by atoms with Crippen molar-refractivity contribution in [2.24, 2.45) is 0 Å². The first-order valence-corrected chi connectivity index (χ1v) is 22.3. The lowest BCUT2D eigenvalue weighted by Gasteiger charge is -2.17. The zero-order valence-corrected chi connectivity index (χ0v) is 35.4. The van der Waals surface area contributed by atoms with E-state index in [1.807, 2.05) is 24.3 Å². The Morgan fingerprint density at radius 3 is 0.864 bits per heavy atom. The second-order valence-corrected chi connectivity index (χ2v) is 17.3. The van der Waals surface area contributed by atoms with Gasteiger partial charge in [0.15, 0.2) is 0 Å². The molecule has 0 N–H and O–H groups in total. The summed E-state index contributed by atoms with van der Waals surface area (Å²) in [4.78, 5) is 0. The average Bonchev–Trinajstić information content (AvgIpc) is 3.91. The summed E-state index contributed by atoms with van der Waals surface area (Å²) in [5.74, 6) is 0. The highest BCUT2D eigenvalue weighted by Crippen LogP contribution is 2.48. The summed E-state index contributed by atoms with van der Waals surface area (Å²) in [5.41, 5.74) is 15.0. The van der Waals surface area contributed by atoms with E-state index >= 15 is 0 Å². The van der Waals surface area contributed by atoms with Gasteiger partial charge in [-0.2, -0.15) is 10.5 Å². The van der Waals surface area contributed by atoms with E-state index in [4.69, 9.17) is 0 Å². The number of nitriles is 2. The van der Waals surface area contributed by atoms with Crippen LogP contribution in [0.5, 0.6) is 0 Å². The van der Waals surface area contributed by atoms with Crippen LogP contribution in [0.2, 0.25) is 0 Å². The molecule has 0 atom stereocenters. The Balaban J connectivity index is 0.963. The molecule has 0 aliphatic carbocycles. The molecule has 14 aromatic rings. The summed E-state index contributed by atoms with van der Waals surface area (Å²) in [7, 11) is 0. The van der Waals surface area contributed by atoms with Crippen LogP contribution >= 0.6 is 0 Å². The molecule has 0 fully saturated rings. The average molecular weight is 835 g/mol. The predicted octanol–water partition coefficient (Wildman–Crippen LogP) is 16.1. The van der Waals surface area contributed by atoms with Gasteiger partial charge < -0.3 is 9.13 Å². The van der Waals surface area contributed by atoms with Crippen molar-refractivity contribution in [1.29, 1.82) is 10.5 Å². The van der Waals surface area contributed by atoms with Crippen molar-refractivity contribution in [1.82, 2.24) is 9.13 Å². The third-order valence-corrected chi connectivity index (χ3v) is 14.2. The van der Waals surface area contributed by atoms with E-state index < -0.39 is 0 Å². The van der Waals surface area contributed by atoms with E-state index in [9.17, 15) is 10.5 Å². The van der Waals surface area contributed by atoms with Crippen LogP contribution in [-0.4, -0.2) is 9.13 Å². The van der Waals surface area contributed by atoms with Gasteiger partial charge in [0.05, 0.1) is 45.3 Å². The number of fused-ring (bicyclic) bond motifs is 2. The fourth-order valence-corrected chi connectivity index (χ4v) is 11.4. The topological polar surface area (TPSA) is 57.4 Å². The van der Waals surface area contributed by atoms with Gasteiger partial charge in [-0.05, 0) is 126 Å². The Bertz CT molecular complexity index is 4120. The highest BCUT2D eigenvalue weighted by atomic mass is 15.0. The maximum Gasteiger partial charge on any atom is 0.0998 e. The van der Waals surface area contributed by atoms with E-state index in [1.165, 1.54) is 65.3 Å². The van der Waals surface area contributed by atoms with Crippen molar-refractivity contribution in [3.8, 4) is 56.9 Å². The molecule has 0 bridgehead atoms. The summed E-state index contributed by atoms with van der Waals surface area (Å²) < 4.78 is 4.67. The Hall–Kier alpha value is -9.22. The molecule has 0 saturated carbocycles. The van der Waals surface area contributed by atoms with Crippen LogP contribution in [0.1, 0.15) is 11.1 Å². The van der Waals surface area contributed by atoms with E-state index in [0.717, 1.165) is 66.1 Å². The quantitative estimate of drug-likeness (QED) is 0.162. The van der Waals surface area contributed by atoms with Crippen molar-refractivity contribution < 1.29 is 0 Å². The molecule has 2 heterocycles. The Morgan fingerprint density at radius 2 is 0.515 bits per heavy atom. The molecule has 0 amide bonds. The Morgan fingerprint density at radius 1 is 0.242 bits per heavy atom. The first-order valence-electron chi connectivity index (χ1n) is 22.3. The molecule has 12 aromatic carbocycles. The molecule has 0 aliphatic rings. The molecule has 14 rings (SSSR count). The lowest BCUT2D eigenvalue weighted by atomic mass is 9.86. The molecule has 0 spiro atoms. The normalized spacial score (nSPS) is 11.9. The zero-order valence-electron chi connectivity index (χ0n) is 35.4. The Labute approximate surface area is 378 Å². The highest BCUT2D eigenvalue weighted by molar-refractivity contribution is 6.30. The molecule has 302 valence electrons. The van der Waals surface area contributed by atoms with Crippen LogP contribution < -0.4 is 0 Å². The smallest absolute Gasteiger partial charge is 0.0998 e. The fraction of sp³-hybridized carbons (Fsp3) is 0. The maximum absolute atomic E-state index is 10.2. The van der Waals surface area contributed by atoms with Crippen LogP contribution in [0.25, 0.3) is 131 Å². The van der Waals surface area contributed by atoms with Gasteiger partial charge in [-0.25, -0.2) is 0 Å². The minimum atomic E-state index is 0.686. The number of hydrogen-bond donors (Lipinski definition) is 0. The van der Waals surface area contributed by atoms with Crippen LogP contribution in [0.4, 0.5) is 0 Å². The third-order valence-electron chi connectivity index (χ3n) is 14.2. The van der Waals surface area contributed by atoms with Gasteiger partial charge in [0, 0.05) is 43.7 Å². The molecule has 0 aliphatic heterocycles. The molecule has 66 heavy (non-hydrogen) atoms. The molecular formula is C62H34N4. The maximum atomic E-state index is 10.2. The second-order valence-electron chi connectivity index (χ2n) is 17.3. The van der Waals surface area contributed by atoms with Crippen LogP contribution in [0, 0.1) is 22.7 Å². The largest absolute Gasteiger partial charge is 0.309 e. The van der Waals surface area contributed by atoms with Crippen molar-refractivity contribution in [3.63, 3.8) is 0 Å². The van der Waals surface area contributed by atoms with Gasteiger partial charge in [-0.1, -0.05) is 146 Å². The van der Waals surface area contributed by atoms with Crippen LogP contribution in [0.3, 0.4) is 0 Å². The molecular weight excluding hydrogens is 801 g/mol. The van der Waals surface area contributed by atoms with Crippen molar-refractivity contribution in [2.75, 3.05) is 0 Å². The van der Waals surface area contributed by atoms with E-state index in [0.29, 0.717) is 11.1 Å². The third kappa shape index (κ3) is 4.85. The lowest BCUT2D eigenvalue weighted by molar-refractivity contribution is 1.18. The van der Waals surface area contributed by atoms with Crippen LogP contribution in [-0.2, 0) is 0 Å². The Kier molecular flexibility index (Phi) is 7.50. The molecule has 0 unspecified atom stereocenters. The summed E-state index contributed by atoms with van der Waals surface area (Å²) in [6.07, 6.45) is 0. The monoisotopic (exact) mass is 834 g/mol. The molecule has 4 nitrogen and oxygen atoms in total. The standard InChI is InChI=1S/C62H34N4/c63-35-37-19-31-55-59-41(37)21-27-53-51(29-33-57(61(53)59)65(55)39-11-3-1-4-12-39)49-25-23-47(43-15-7-9-17-45(43)49)48-24-26-50(46-18-10-8-16-44(46)48)52-30-34-58-62-54(52)28-22-42-38(36-64)20-32-56(60(42)62)66(58)40-13-5-2-6-14-40/h1-34H. The molecule has 0 radical (unpaired) electrons. The zero-order chi connectivity index (χ0) is 43.6. The minimum absolute atomic E-state index is 0.686. The van der Waals surface area contributed by atoms with Crippen molar-refractivity contribution >= 4 is 86.7 Å². The summed E-state index contributed by atoms with van der Waals surface area (Å²) in [6.45, 7) is 0. The van der Waals surface area contributed by atoms with Gasteiger partial charge in [0.25, 0.3) is 0 Å². The first kappa shape index (κ1) is 36.3. The van der Waals surface area contributed by atoms with Gasteiger partial charge in [0.1, 0.15) is 0 Å². The summed E-state index contributed by atoms with van der Waals surface area (Å²) in [6, 6.07) is 78.6. The molecule has 4 heteroatoms. The number of benzene rings is 12. The van der Waals surface area contributed by atoms with Gasteiger partial charge in [0.2, 0.25) is 0 Å². The first-order chi connectivity index (χ1) is 32.7. The predicted molar refractivity (Wildman–Crippen MR) is 273 cm³/mol. The minimum Gasteiger partial charge on any atom is -0.309 e. The number of para-hydroxylation sites is 2. The van der Waals surface area contributed by atoms with Gasteiger partial charge in [-0.3, -0.25) is 0 Å². The van der Waals surface area contributed by atoms with E-state index in [-0.39, 0.29) is 0 Å².